The Hall–Kier alpha value is 0.110. The summed E-state index contributed by atoms with van der Waals surface area (Å²) in [6.07, 6.45) is 2.88. The minimum Gasteiger partial charge on any atom is -0.260 e. The van der Waals surface area contributed by atoms with Crippen LogP contribution in [-0.4, -0.2) is 10.3 Å². The molecule has 0 saturated carbocycles. The third kappa shape index (κ3) is 3.56. The fraction of sp³-hybridized carbons (Fsp3) is 0.583. The first-order chi connectivity index (χ1) is 6.98. The number of nitrogens with zero attached hydrogens (tertiary/aromatic N) is 1. The zero-order valence-electron chi connectivity index (χ0n) is 9.43. The molecule has 3 heteroatoms. The largest absolute Gasteiger partial charge is 0.260 e. The first-order valence-electron chi connectivity index (χ1n) is 5.14. The second-order valence-corrected chi connectivity index (χ2v) is 6.06. The fourth-order valence-electron chi connectivity index (χ4n) is 1.33. The molecule has 0 N–H and O–H groups in total. The van der Waals surface area contributed by atoms with E-state index in [2.05, 4.69) is 69.7 Å². The molecule has 1 aromatic rings. The van der Waals surface area contributed by atoms with Crippen molar-refractivity contribution in [2.75, 3.05) is 5.33 Å². The molecule has 1 unspecified atom stereocenters. The van der Waals surface area contributed by atoms with Crippen molar-refractivity contribution in [2.24, 2.45) is 11.3 Å². The Morgan fingerprint density at radius 2 is 2.07 bits per heavy atom. The molecule has 1 heterocycles. The smallest absolute Gasteiger partial charge is 0.0413 e. The number of hydrogen-bond acceptors (Lipinski definition) is 1. The summed E-state index contributed by atoms with van der Waals surface area (Å²) in [5.74, 6) is 0.641. The monoisotopic (exact) mass is 333 g/mol. The van der Waals surface area contributed by atoms with Crippen LogP contribution < -0.4 is 0 Å². The van der Waals surface area contributed by atoms with Gasteiger partial charge in [0.2, 0.25) is 0 Å². The highest BCUT2D eigenvalue weighted by atomic mass is 79.9. The van der Waals surface area contributed by atoms with Gasteiger partial charge in [-0.1, -0.05) is 36.7 Å². The van der Waals surface area contributed by atoms with E-state index in [1.807, 2.05) is 6.20 Å². The van der Waals surface area contributed by atoms with Crippen LogP contribution in [0.25, 0.3) is 0 Å². The summed E-state index contributed by atoms with van der Waals surface area (Å²) in [5.41, 5.74) is 1.44. The van der Waals surface area contributed by atoms with Gasteiger partial charge >= 0.3 is 0 Å². The van der Waals surface area contributed by atoms with Gasteiger partial charge in [-0.25, -0.2) is 0 Å². The molecule has 0 amide bonds. The summed E-state index contributed by atoms with van der Waals surface area (Å²) in [7, 11) is 0. The Balaban J connectivity index is 2.79. The Morgan fingerprint density at radius 3 is 2.47 bits per heavy atom. The van der Waals surface area contributed by atoms with E-state index in [0.717, 1.165) is 21.9 Å². The quantitative estimate of drug-likeness (QED) is 0.741. The van der Waals surface area contributed by atoms with Crippen LogP contribution in [0.4, 0.5) is 0 Å². The van der Waals surface area contributed by atoms with Crippen molar-refractivity contribution >= 4 is 31.9 Å². The highest BCUT2D eigenvalue weighted by Gasteiger charge is 2.27. The normalized spacial score (nSPS) is 15.3. The first kappa shape index (κ1) is 13.2. The summed E-state index contributed by atoms with van der Waals surface area (Å²) in [6.45, 7) is 6.83. The van der Waals surface area contributed by atoms with E-state index in [0.29, 0.717) is 5.92 Å². The standard InChI is InChI=1S/C12H17Br2N/c1-9(2)12(3,8-13)6-11-5-4-10(14)7-15-11/h4-5,7,9H,6,8H2,1-3H3. The van der Waals surface area contributed by atoms with E-state index in [4.69, 9.17) is 0 Å². The molecule has 1 rings (SSSR count). The first-order valence-corrected chi connectivity index (χ1v) is 7.06. The second kappa shape index (κ2) is 5.44. The number of rotatable bonds is 4. The van der Waals surface area contributed by atoms with Crippen molar-refractivity contribution < 1.29 is 0 Å². The van der Waals surface area contributed by atoms with Crippen molar-refractivity contribution in [3.63, 3.8) is 0 Å². The molecular formula is C12H17Br2N. The third-order valence-electron chi connectivity index (χ3n) is 3.07. The molecule has 1 aromatic heterocycles. The summed E-state index contributed by atoms with van der Waals surface area (Å²) < 4.78 is 1.04. The van der Waals surface area contributed by atoms with Crippen LogP contribution >= 0.6 is 31.9 Å². The van der Waals surface area contributed by atoms with E-state index in [1.54, 1.807) is 0 Å². The minimum absolute atomic E-state index is 0.279. The highest BCUT2D eigenvalue weighted by Crippen LogP contribution is 2.32. The molecule has 0 saturated heterocycles. The molecule has 0 aliphatic heterocycles. The van der Waals surface area contributed by atoms with Crippen molar-refractivity contribution in [1.29, 1.82) is 0 Å². The minimum atomic E-state index is 0.279. The zero-order valence-corrected chi connectivity index (χ0v) is 12.6. The summed E-state index contributed by atoms with van der Waals surface area (Å²) in [5, 5.41) is 1.01. The van der Waals surface area contributed by atoms with E-state index in [1.165, 1.54) is 0 Å². The predicted molar refractivity (Wildman–Crippen MR) is 72.4 cm³/mol. The van der Waals surface area contributed by atoms with Crippen LogP contribution in [0.3, 0.4) is 0 Å². The van der Waals surface area contributed by atoms with Crippen molar-refractivity contribution in [3.8, 4) is 0 Å². The molecule has 1 atom stereocenters. The van der Waals surface area contributed by atoms with Gasteiger partial charge < -0.3 is 0 Å². The number of aromatic nitrogens is 1. The van der Waals surface area contributed by atoms with Crippen molar-refractivity contribution in [2.45, 2.75) is 27.2 Å². The maximum absolute atomic E-state index is 4.43. The number of pyridine rings is 1. The number of alkyl halides is 1. The van der Waals surface area contributed by atoms with Gasteiger partial charge in [0.15, 0.2) is 0 Å². The average molecular weight is 335 g/mol. The van der Waals surface area contributed by atoms with Crippen LogP contribution in [-0.2, 0) is 6.42 Å². The van der Waals surface area contributed by atoms with Gasteiger partial charge in [0.25, 0.3) is 0 Å². The van der Waals surface area contributed by atoms with Crippen LogP contribution in [0, 0.1) is 11.3 Å². The van der Waals surface area contributed by atoms with E-state index >= 15 is 0 Å². The molecular weight excluding hydrogens is 318 g/mol. The SMILES string of the molecule is CC(C)C(C)(CBr)Cc1ccc(Br)cn1. The summed E-state index contributed by atoms with van der Waals surface area (Å²) in [4.78, 5) is 4.43. The Kier molecular flexibility index (Phi) is 4.78. The molecule has 0 aliphatic rings. The fourth-order valence-corrected chi connectivity index (χ4v) is 2.41. The number of halogens is 2. The topological polar surface area (TPSA) is 12.9 Å². The zero-order chi connectivity index (χ0) is 11.5. The second-order valence-electron chi connectivity index (χ2n) is 4.59. The molecule has 0 aliphatic carbocycles. The van der Waals surface area contributed by atoms with Crippen LogP contribution in [0.2, 0.25) is 0 Å². The van der Waals surface area contributed by atoms with E-state index < -0.39 is 0 Å². The molecule has 84 valence electrons. The molecule has 0 bridgehead atoms. The predicted octanol–water partition coefficient (Wildman–Crippen LogP) is 4.44. The van der Waals surface area contributed by atoms with E-state index in [-0.39, 0.29) is 5.41 Å². The van der Waals surface area contributed by atoms with Crippen LogP contribution in [0.1, 0.15) is 26.5 Å². The lowest BCUT2D eigenvalue weighted by molar-refractivity contribution is 0.255. The summed E-state index contributed by atoms with van der Waals surface area (Å²) in [6, 6.07) is 4.14. The molecule has 0 fully saturated rings. The van der Waals surface area contributed by atoms with Crippen LogP contribution in [0.15, 0.2) is 22.8 Å². The molecule has 0 aromatic carbocycles. The lowest BCUT2D eigenvalue weighted by Crippen LogP contribution is -2.28. The Morgan fingerprint density at radius 1 is 1.40 bits per heavy atom. The van der Waals surface area contributed by atoms with Gasteiger partial charge in [0.1, 0.15) is 0 Å². The van der Waals surface area contributed by atoms with Gasteiger partial charge in [0.05, 0.1) is 0 Å². The van der Waals surface area contributed by atoms with Gasteiger partial charge in [0, 0.05) is 21.7 Å². The lowest BCUT2D eigenvalue weighted by Gasteiger charge is -2.31. The van der Waals surface area contributed by atoms with Gasteiger partial charge in [-0.2, -0.15) is 0 Å². The Labute approximate surface area is 109 Å². The molecule has 0 spiro atoms. The maximum Gasteiger partial charge on any atom is 0.0413 e. The third-order valence-corrected chi connectivity index (χ3v) is 4.82. The molecule has 15 heavy (non-hydrogen) atoms. The Bertz CT molecular complexity index is 308. The molecule has 1 nitrogen and oxygen atoms in total. The summed E-state index contributed by atoms with van der Waals surface area (Å²) >= 11 is 7.01. The number of hydrogen-bond donors (Lipinski definition) is 0. The van der Waals surface area contributed by atoms with Crippen LogP contribution in [0.5, 0.6) is 0 Å². The van der Waals surface area contributed by atoms with Gasteiger partial charge in [-0.15, -0.1) is 0 Å². The van der Waals surface area contributed by atoms with E-state index in [9.17, 15) is 0 Å². The van der Waals surface area contributed by atoms with Gasteiger partial charge in [-0.3, -0.25) is 4.98 Å². The van der Waals surface area contributed by atoms with Crippen molar-refractivity contribution in [3.05, 3.63) is 28.5 Å². The van der Waals surface area contributed by atoms with Gasteiger partial charge in [-0.05, 0) is 45.8 Å². The average Bonchev–Trinajstić information content (AvgIpc) is 2.21. The maximum atomic E-state index is 4.43. The lowest BCUT2D eigenvalue weighted by atomic mass is 9.77. The highest BCUT2D eigenvalue weighted by molar-refractivity contribution is 9.10. The van der Waals surface area contributed by atoms with Crippen molar-refractivity contribution in [1.82, 2.24) is 4.98 Å². The molecule has 0 radical (unpaired) electrons.